The van der Waals surface area contributed by atoms with Crippen LogP contribution in [0.3, 0.4) is 0 Å². The number of anilines is 1. The van der Waals surface area contributed by atoms with Crippen molar-refractivity contribution in [1.82, 2.24) is 19.8 Å². The van der Waals surface area contributed by atoms with Crippen LogP contribution >= 0.6 is 0 Å². The zero-order valence-corrected chi connectivity index (χ0v) is 18.7. The van der Waals surface area contributed by atoms with Crippen molar-refractivity contribution >= 4 is 28.4 Å². The highest BCUT2D eigenvalue weighted by molar-refractivity contribution is 6.07. The van der Waals surface area contributed by atoms with Gasteiger partial charge in [0.1, 0.15) is 0 Å². The van der Waals surface area contributed by atoms with Gasteiger partial charge in [-0.1, -0.05) is 36.4 Å². The van der Waals surface area contributed by atoms with E-state index in [4.69, 9.17) is 4.98 Å². The Bertz CT molecular complexity index is 1300. The third kappa shape index (κ3) is 4.79. The van der Waals surface area contributed by atoms with E-state index in [0.29, 0.717) is 38.3 Å². The molecule has 0 aliphatic carbocycles. The highest BCUT2D eigenvalue weighted by atomic mass is 16.2. The molecule has 2 aromatic carbocycles. The summed E-state index contributed by atoms with van der Waals surface area (Å²) in [4.78, 5) is 38.7. The molecule has 3 heterocycles. The lowest BCUT2D eigenvalue weighted by Crippen LogP contribution is -2.50. The van der Waals surface area contributed by atoms with Crippen molar-refractivity contribution in [3.63, 3.8) is 0 Å². The normalized spacial score (nSPS) is 14.2. The van der Waals surface area contributed by atoms with Crippen molar-refractivity contribution in [2.24, 2.45) is 0 Å². The van der Waals surface area contributed by atoms with Gasteiger partial charge in [0, 0.05) is 55.2 Å². The average Bonchev–Trinajstić information content (AvgIpc) is 2.89. The second-order valence-corrected chi connectivity index (χ2v) is 8.29. The summed E-state index contributed by atoms with van der Waals surface area (Å²) in [6.07, 6.45) is 3.45. The number of nitrogens with zero attached hydrogens (tertiary/aromatic N) is 4. The first-order chi connectivity index (χ1) is 16.7. The number of pyridine rings is 2. The monoisotopic (exact) mass is 451 g/mol. The van der Waals surface area contributed by atoms with Gasteiger partial charge in [-0.3, -0.25) is 19.5 Å². The number of carbonyl (C=O) groups is 2. The number of rotatable bonds is 5. The number of hydrogen-bond donors (Lipinski definition) is 1. The smallest absolute Gasteiger partial charge is 0.254 e. The van der Waals surface area contributed by atoms with Gasteiger partial charge in [0.15, 0.2) is 0 Å². The van der Waals surface area contributed by atoms with E-state index < -0.39 is 0 Å². The molecule has 1 N–H and O–H groups in total. The van der Waals surface area contributed by atoms with Gasteiger partial charge >= 0.3 is 0 Å². The summed E-state index contributed by atoms with van der Waals surface area (Å²) in [5, 5.41) is 3.76. The van der Waals surface area contributed by atoms with Gasteiger partial charge in [-0.05, 0) is 36.4 Å². The Labute approximate surface area is 198 Å². The van der Waals surface area contributed by atoms with Crippen LogP contribution in [0.1, 0.15) is 10.4 Å². The van der Waals surface area contributed by atoms with Crippen LogP contribution in [0.4, 0.5) is 5.69 Å². The number of para-hydroxylation sites is 2. The standard InChI is InChI=1S/C27H25N5O2/c33-26(29-21-6-2-1-3-7-21)19-31-14-16-32(17-15-31)27(34)23-18-25(20-10-12-28-13-11-20)30-24-9-5-4-8-22(23)24/h1-13,18H,14-17,19H2,(H,29,33). The molecule has 0 unspecified atom stereocenters. The Balaban J connectivity index is 1.29. The van der Waals surface area contributed by atoms with Crippen molar-refractivity contribution in [1.29, 1.82) is 0 Å². The van der Waals surface area contributed by atoms with Crippen molar-refractivity contribution in [3.05, 3.63) is 90.8 Å². The van der Waals surface area contributed by atoms with Crippen LogP contribution in [0.15, 0.2) is 85.2 Å². The van der Waals surface area contributed by atoms with Crippen LogP contribution in [-0.4, -0.2) is 64.3 Å². The van der Waals surface area contributed by atoms with E-state index in [1.165, 1.54) is 0 Å². The third-order valence-corrected chi connectivity index (χ3v) is 6.01. The quantitative estimate of drug-likeness (QED) is 0.501. The molecule has 2 aromatic heterocycles. The first-order valence-electron chi connectivity index (χ1n) is 11.3. The number of amides is 2. The molecule has 0 radical (unpaired) electrons. The summed E-state index contributed by atoms with van der Waals surface area (Å²) in [7, 11) is 0. The van der Waals surface area contributed by atoms with E-state index in [0.717, 1.165) is 27.8 Å². The fraction of sp³-hybridized carbons (Fsp3) is 0.185. The number of benzene rings is 2. The lowest BCUT2D eigenvalue weighted by molar-refractivity contribution is -0.117. The largest absolute Gasteiger partial charge is 0.336 e. The Kier molecular flexibility index (Phi) is 6.27. The number of aromatic nitrogens is 2. The fourth-order valence-corrected chi connectivity index (χ4v) is 4.23. The van der Waals surface area contributed by atoms with Gasteiger partial charge in [-0.25, -0.2) is 4.98 Å². The Hall–Kier alpha value is -4.10. The molecule has 34 heavy (non-hydrogen) atoms. The van der Waals surface area contributed by atoms with E-state index >= 15 is 0 Å². The Morgan fingerprint density at radius 3 is 2.32 bits per heavy atom. The zero-order valence-electron chi connectivity index (χ0n) is 18.7. The summed E-state index contributed by atoms with van der Waals surface area (Å²) in [6.45, 7) is 2.74. The minimum atomic E-state index is -0.0481. The Morgan fingerprint density at radius 2 is 1.56 bits per heavy atom. The van der Waals surface area contributed by atoms with E-state index in [9.17, 15) is 9.59 Å². The molecule has 1 fully saturated rings. The zero-order chi connectivity index (χ0) is 23.3. The molecule has 7 nitrogen and oxygen atoms in total. The molecule has 5 rings (SSSR count). The molecular formula is C27H25N5O2. The van der Waals surface area contributed by atoms with Crippen LogP contribution in [0, 0.1) is 0 Å². The molecule has 0 saturated carbocycles. The first kappa shape index (κ1) is 21.7. The SMILES string of the molecule is O=C(CN1CCN(C(=O)c2cc(-c3ccncc3)nc3ccccc23)CC1)Nc1ccccc1. The number of nitrogens with one attached hydrogen (secondary N) is 1. The first-order valence-corrected chi connectivity index (χ1v) is 11.3. The molecule has 170 valence electrons. The summed E-state index contributed by atoms with van der Waals surface area (Å²) >= 11 is 0. The lowest BCUT2D eigenvalue weighted by atomic mass is 10.0. The highest BCUT2D eigenvalue weighted by Crippen LogP contribution is 2.26. The maximum Gasteiger partial charge on any atom is 0.254 e. The molecule has 2 amide bonds. The topological polar surface area (TPSA) is 78.4 Å². The van der Waals surface area contributed by atoms with Crippen LogP contribution in [0.2, 0.25) is 0 Å². The molecule has 7 heteroatoms. The van der Waals surface area contributed by atoms with E-state index in [1.54, 1.807) is 12.4 Å². The molecule has 0 atom stereocenters. The molecule has 1 aliphatic heterocycles. The number of carbonyl (C=O) groups excluding carboxylic acids is 2. The Morgan fingerprint density at radius 1 is 0.853 bits per heavy atom. The maximum atomic E-state index is 13.6. The minimum absolute atomic E-state index is 0.0118. The van der Waals surface area contributed by atoms with Crippen LogP contribution in [0.25, 0.3) is 22.2 Å². The summed E-state index contributed by atoms with van der Waals surface area (Å²) in [5.41, 5.74) is 3.89. The van der Waals surface area contributed by atoms with Gasteiger partial charge in [-0.2, -0.15) is 0 Å². The second-order valence-electron chi connectivity index (χ2n) is 8.29. The lowest BCUT2D eigenvalue weighted by Gasteiger charge is -2.34. The van der Waals surface area contributed by atoms with Gasteiger partial charge in [0.25, 0.3) is 5.91 Å². The third-order valence-electron chi connectivity index (χ3n) is 6.01. The number of hydrogen-bond acceptors (Lipinski definition) is 5. The molecule has 4 aromatic rings. The average molecular weight is 452 g/mol. The second kappa shape index (κ2) is 9.80. The summed E-state index contributed by atoms with van der Waals surface area (Å²) < 4.78 is 0. The predicted molar refractivity (Wildman–Crippen MR) is 132 cm³/mol. The number of piperazine rings is 1. The number of fused-ring (bicyclic) bond motifs is 1. The van der Waals surface area contributed by atoms with Gasteiger partial charge in [0.05, 0.1) is 23.3 Å². The summed E-state index contributed by atoms with van der Waals surface area (Å²) in [6, 6.07) is 22.8. The highest BCUT2D eigenvalue weighted by Gasteiger charge is 2.25. The molecule has 0 bridgehead atoms. The van der Waals surface area contributed by atoms with Gasteiger partial charge in [-0.15, -0.1) is 0 Å². The van der Waals surface area contributed by atoms with Gasteiger partial charge < -0.3 is 10.2 Å². The van der Waals surface area contributed by atoms with Crippen LogP contribution in [0.5, 0.6) is 0 Å². The predicted octanol–water partition coefficient (Wildman–Crippen LogP) is 3.69. The van der Waals surface area contributed by atoms with E-state index in [-0.39, 0.29) is 11.8 Å². The van der Waals surface area contributed by atoms with Crippen molar-refractivity contribution in [2.45, 2.75) is 0 Å². The van der Waals surface area contributed by atoms with Gasteiger partial charge in [0.2, 0.25) is 5.91 Å². The van der Waals surface area contributed by atoms with Crippen molar-refractivity contribution < 1.29 is 9.59 Å². The van der Waals surface area contributed by atoms with E-state index in [1.807, 2.05) is 77.7 Å². The summed E-state index contributed by atoms with van der Waals surface area (Å²) in [5.74, 6) is -0.0598. The fourth-order valence-electron chi connectivity index (χ4n) is 4.23. The van der Waals surface area contributed by atoms with Crippen LogP contribution < -0.4 is 5.32 Å². The van der Waals surface area contributed by atoms with Crippen molar-refractivity contribution in [2.75, 3.05) is 38.0 Å². The molecule has 1 aliphatic rings. The molecule has 1 saturated heterocycles. The maximum absolute atomic E-state index is 13.6. The minimum Gasteiger partial charge on any atom is -0.336 e. The van der Waals surface area contributed by atoms with Crippen molar-refractivity contribution in [3.8, 4) is 11.3 Å². The van der Waals surface area contributed by atoms with Crippen LogP contribution in [-0.2, 0) is 4.79 Å². The molecule has 0 spiro atoms. The van der Waals surface area contributed by atoms with E-state index in [2.05, 4.69) is 15.2 Å². The molecular weight excluding hydrogens is 426 g/mol.